The van der Waals surface area contributed by atoms with Crippen LogP contribution in [0.1, 0.15) is 23.6 Å². The van der Waals surface area contributed by atoms with Crippen LogP contribution in [0.2, 0.25) is 0 Å². The molecule has 0 spiro atoms. The Labute approximate surface area is 160 Å². The van der Waals surface area contributed by atoms with Crippen LogP contribution in [0.4, 0.5) is 0 Å². The number of fused-ring (bicyclic) bond motifs is 1. The van der Waals surface area contributed by atoms with Gasteiger partial charge in [0.2, 0.25) is 5.91 Å². The maximum atomic E-state index is 12.1. The number of carbonyl (C=O) groups excluding carboxylic acids is 1. The number of amides is 1. The van der Waals surface area contributed by atoms with E-state index in [4.69, 9.17) is 9.15 Å². The summed E-state index contributed by atoms with van der Waals surface area (Å²) in [6, 6.07) is 10.3. The molecule has 4 heteroatoms. The molecule has 27 heavy (non-hydrogen) atoms. The number of furan rings is 1. The lowest BCUT2D eigenvalue weighted by molar-refractivity contribution is -0.123. The molecule has 0 fully saturated rings. The van der Waals surface area contributed by atoms with Gasteiger partial charge in [0.25, 0.3) is 0 Å². The van der Waals surface area contributed by atoms with Gasteiger partial charge in [0.15, 0.2) is 0 Å². The Morgan fingerprint density at radius 3 is 2.48 bits per heavy atom. The lowest BCUT2D eigenvalue weighted by Crippen LogP contribution is -2.19. The molecule has 1 amide bonds. The maximum absolute atomic E-state index is 12.1. The summed E-state index contributed by atoms with van der Waals surface area (Å²) in [5.41, 5.74) is 7.10. The second kappa shape index (κ2) is 7.31. The van der Waals surface area contributed by atoms with Crippen molar-refractivity contribution < 1.29 is 13.9 Å². The number of carbonyl (C=O) groups is 1. The molecule has 0 N–H and O–H groups in total. The molecule has 0 unspecified atom stereocenters. The largest absolute Gasteiger partial charge is 0.496 e. The number of rotatable bonds is 4. The van der Waals surface area contributed by atoms with E-state index in [-0.39, 0.29) is 5.91 Å². The van der Waals surface area contributed by atoms with Crippen LogP contribution in [0.3, 0.4) is 0 Å². The summed E-state index contributed by atoms with van der Waals surface area (Å²) < 4.78 is 11.4. The molecule has 1 aromatic heterocycles. The minimum absolute atomic E-state index is 0.0588. The van der Waals surface area contributed by atoms with E-state index in [0.717, 1.165) is 33.2 Å². The predicted molar refractivity (Wildman–Crippen MR) is 110 cm³/mol. The third-order valence-corrected chi connectivity index (χ3v) is 4.77. The second-order valence-electron chi connectivity index (χ2n) is 7.08. The highest BCUT2D eigenvalue weighted by molar-refractivity contribution is 6.00. The zero-order chi connectivity index (χ0) is 19.7. The van der Waals surface area contributed by atoms with Gasteiger partial charge in [-0.05, 0) is 43.5 Å². The Morgan fingerprint density at radius 1 is 1.11 bits per heavy atom. The normalized spacial score (nSPS) is 11.7. The number of nitrogens with zero attached hydrogens (tertiary/aromatic N) is 1. The van der Waals surface area contributed by atoms with Crippen LogP contribution in [0.25, 0.3) is 27.7 Å². The fraction of sp³-hybridized carbons (Fsp3) is 0.261. The van der Waals surface area contributed by atoms with E-state index in [2.05, 4.69) is 32.0 Å². The van der Waals surface area contributed by atoms with Crippen LogP contribution in [0.15, 0.2) is 47.1 Å². The maximum Gasteiger partial charge on any atom is 0.246 e. The van der Waals surface area contributed by atoms with Crippen molar-refractivity contribution in [3.05, 3.63) is 59.4 Å². The highest BCUT2D eigenvalue weighted by atomic mass is 16.5. The lowest BCUT2D eigenvalue weighted by atomic mass is 9.96. The van der Waals surface area contributed by atoms with Crippen molar-refractivity contribution in [3.8, 4) is 16.9 Å². The molecule has 4 nitrogen and oxygen atoms in total. The van der Waals surface area contributed by atoms with Crippen molar-refractivity contribution in [1.82, 2.24) is 4.90 Å². The summed E-state index contributed by atoms with van der Waals surface area (Å²) in [4.78, 5) is 13.6. The topological polar surface area (TPSA) is 42.7 Å². The van der Waals surface area contributed by atoms with Crippen molar-refractivity contribution in [1.29, 1.82) is 0 Å². The average molecular weight is 363 g/mol. The summed E-state index contributed by atoms with van der Waals surface area (Å²) in [5, 5.41) is 1.00. The number of hydrogen-bond acceptors (Lipinski definition) is 3. The molecule has 2 aromatic carbocycles. The van der Waals surface area contributed by atoms with Gasteiger partial charge in [-0.3, -0.25) is 4.79 Å². The van der Waals surface area contributed by atoms with Crippen molar-refractivity contribution in [3.63, 3.8) is 0 Å². The molecule has 0 saturated carbocycles. The van der Waals surface area contributed by atoms with Gasteiger partial charge in [-0.1, -0.05) is 23.8 Å². The lowest BCUT2D eigenvalue weighted by Gasteiger charge is -2.12. The highest BCUT2D eigenvalue weighted by Gasteiger charge is 2.16. The van der Waals surface area contributed by atoms with Gasteiger partial charge in [0, 0.05) is 42.8 Å². The number of aryl methyl sites for hydroxylation is 2. The first-order chi connectivity index (χ1) is 12.8. The van der Waals surface area contributed by atoms with Crippen LogP contribution in [-0.4, -0.2) is 32.0 Å². The van der Waals surface area contributed by atoms with Crippen molar-refractivity contribution in [2.45, 2.75) is 20.8 Å². The quantitative estimate of drug-likeness (QED) is 0.597. The monoisotopic (exact) mass is 363 g/mol. The van der Waals surface area contributed by atoms with Crippen LogP contribution < -0.4 is 4.74 Å². The van der Waals surface area contributed by atoms with Gasteiger partial charge in [0.1, 0.15) is 11.3 Å². The summed E-state index contributed by atoms with van der Waals surface area (Å²) in [7, 11) is 5.10. The fourth-order valence-electron chi connectivity index (χ4n) is 3.25. The minimum atomic E-state index is -0.0588. The molecule has 0 aliphatic rings. The van der Waals surface area contributed by atoms with E-state index >= 15 is 0 Å². The SMILES string of the molecule is COc1cc2occ(-c3ccc(C)cc3C)c2cc1/C(C)=C/C(=O)N(C)C. The van der Waals surface area contributed by atoms with Crippen molar-refractivity contribution in [2.75, 3.05) is 21.2 Å². The van der Waals surface area contributed by atoms with Gasteiger partial charge in [-0.2, -0.15) is 0 Å². The van der Waals surface area contributed by atoms with Gasteiger partial charge in [-0.15, -0.1) is 0 Å². The van der Waals surface area contributed by atoms with E-state index in [1.165, 1.54) is 11.1 Å². The van der Waals surface area contributed by atoms with E-state index in [9.17, 15) is 4.79 Å². The molecule has 0 atom stereocenters. The molecule has 0 aliphatic heterocycles. The molecule has 140 valence electrons. The van der Waals surface area contributed by atoms with E-state index in [1.54, 1.807) is 38.4 Å². The molecule has 0 bridgehead atoms. The molecular weight excluding hydrogens is 338 g/mol. The molecule has 0 saturated heterocycles. The third-order valence-electron chi connectivity index (χ3n) is 4.77. The Balaban J connectivity index is 2.19. The summed E-state index contributed by atoms with van der Waals surface area (Å²) in [5.74, 6) is 0.626. The van der Waals surface area contributed by atoms with Crippen LogP contribution in [0.5, 0.6) is 5.75 Å². The predicted octanol–water partition coefficient (Wildman–Crippen LogP) is 5.22. The van der Waals surface area contributed by atoms with Crippen LogP contribution in [0, 0.1) is 13.8 Å². The Morgan fingerprint density at radius 2 is 1.85 bits per heavy atom. The number of methoxy groups -OCH3 is 1. The third kappa shape index (κ3) is 3.61. The molecular formula is C23H25NO3. The molecule has 3 rings (SSSR count). The highest BCUT2D eigenvalue weighted by Crippen LogP contribution is 2.38. The number of ether oxygens (including phenoxy) is 1. The summed E-state index contributed by atoms with van der Waals surface area (Å²) in [6.07, 6.45) is 3.41. The first kappa shape index (κ1) is 18.8. The van der Waals surface area contributed by atoms with Gasteiger partial charge in [-0.25, -0.2) is 0 Å². The number of allylic oxidation sites excluding steroid dienone is 1. The van der Waals surface area contributed by atoms with Crippen LogP contribution in [-0.2, 0) is 4.79 Å². The van der Waals surface area contributed by atoms with Gasteiger partial charge >= 0.3 is 0 Å². The molecule has 0 radical (unpaired) electrons. The van der Waals surface area contributed by atoms with E-state index in [0.29, 0.717) is 5.75 Å². The standard InChI is InChI=1S/C23H25NO3/c1-14-7-8-17(15(2)9-14)20-13-27-22-12-21(26-6)18(11-19(20)22)16(3)10-23(25)24(4)5/h7-13H,1-6H3/b16-10+. The summed E-state index contributed by atoms with van der Waals surface area (Å²) in [6.45, 7) is 6.11. The minimum Gasteiger partial charge on any atom is -0.496 e. The number of likely N-dealkylation sites (N-methyl/N-ethyl adjacent to an activating group) is 1. The Kier molecular flexibility index (Phi) is 5.08. The molecule has 1 heterocycles. The number of hydrogen-bond donors (Lipinski definition) is 0. The molecule has 0 aliphatic carbocycles. The Bertz CT molecular complexity index is 1040. The zero-order valence-electron chi connectivity index (χ0n) is 16.7. The van der Waals surface area contributed by atoms with Gasteiger partial charge in [0.05, 0.1) is 13.4 Å². The first-order valence-corrected chi connectivity index (χ1v) is 8.88. The Hall–Kier alpha value is -3.01. The molecule has 3 aromatic rings. The smallest absolute Gasteiger partial charge is 0.246 e. The summed E-state index contributed by atoms with van der Waals surface area (Å²) >= 11 is 0. The van der Waals surface area contributed by atoms with E-state index in [1.807, 2.05) is 19.1 Å². The van der Waals surface area contributed by atoms with Crippen LogP contribution >= 0.6 is 0 Å². The van der Waals surface area contributed by atoms with Gasteiger partial charge < -0.3 is 14.1 Å². The number of benzene rings is 2. The van der Waals surface area contributed by atoms with E-state index < -0.39 is 0 Å². The zero-order valence-corrected chi connectivity index (χ0v) is 16.7. The van der Waals surface area contributed by atoms with Crippen molar-refractivity contribution in [2.24, 2.45) is 0 Å². The first-order valence-electron chi connectivity index (χ1n) is 8.88. The fourth-order valence-corrected chi connectivity index (χ4v) is 3.25. The van der Waals surface area contributed by atoms with Crippen molar-refractivity contribution >= 4 is 22.4 Å². The average Bonchev–Trinajstić information content (AvgIpc) is 3.03. The second-order valence-corrected chi connectivity index (χ2v) is 7.08.